The Morgan fingerprint density at radius 3 is 2.62 bits per heavy atom. The smallest absolute Gasteiger partial charge is 0.131 e. The fraction of sp³-hybridized carbons (Fsp3) is 0.0769. The zero-order chi connectivity index (χ0) is 11.4. The van der Waals surface area contributed by atoms with Gasteiger partial charge in [-0.2, -0.15) is 0 Å². The lowest BCUT2D eigenvalue weighted by atomic mass is 10.2. The van der Waals surface area contributed by atoms with Gasteiger partial charge in [-0.1, -0.05) is 24.3 Å². The van der Waals surface area contributed by atoms with Crippen LogP contribution in [-0.2, 0) is 5.88 Å². The number of para-hydroxylation sites is 1. The standard InChI is InChI=1S/C13H10ClFO/c14-9-10-4-1-2-7-13(10)16-12-6-3-5-11(15)8-12/h1-8H,9H2. The summed E-state index contributed by atoms with van der Waals surface area (Å²) in [5.41, 5.74) is 0.883. The van der Waals surface area contributed by atoms with Crippen LogP contribution in [0.15, 0.2) is 48.5 Å². The predicted molar refractivity (Wildman–Crippen MR) is 62.5 cm³/mol. The molecule has 0 saturated heterocycles. The number of halogens is 2. The topological polar surface area (TPSA) is 9.23 Å². The Labute approximate surface area is 98.4 Å². The second-order valence-electron chi connectivity index (χ2n) is 3.30. The van der Waals surface area contributed by atoms with Gasteiger partial charge in [-0.05, 0) is 18.2 Å². The van der Waals surface area contributed by atoms with Crippen LogP contribution in [0.1, 0.15) is 5.56 Å². The van der Waals surface area contributed by atoms with Crippen molar-refractivity contribution < 1.29 is 9.13 Å². The number of ether oxygens (including phenoxy) is 1. The highest BCUT2D eigenvalue weighted by molar-refractivity contribution is 6.17. The molecule has 0 spiro atoms. The van der Waals surface area contributed by atoms with Gasteiger partial charge in [0.05, 0.1) is 5.88 Å². The number of hydrogen-bond donors (Lipinski definition) is 0. The molecular formula is C13H10ClFO. The Bertz CT molecular complexity index is 485. The van der Waals surface area contributed by atoms with Crippen molar-refractivity contribution in [2.45, 2.75) is 5.88 Å². The van der Waals surface area contributed by atoms with Crippen molar-refractivity contribution in [1.29, 1.82) is 0 Å². The number of rotatable bonds is 3. The molecular weight excluding hydrogens is 227 g/mol. The van der Waals surface area contributed by atoms with Gasteiger partial charge in [-0.15, -0.1) is 11.6 Å². The first-order valence-electron chi connectivity index (χ1n) is 4.87. The first kappa shape index (κ1) is 11.0. The molecule has 2 aromatic carbocycles. The van der Waals surface area contributed by atoms with Gasteiger partial charge in [0.2, 0.25) is 0 Å². The maximum Gasteiger partial charge on any atom is 0.131 e. The zero-order valence-corrected chi connectivity index (χ0v) is 9.25. The van der Waals surface area contributed by atoms with Crippen LogP contribution in [0.5, 0.6) is 11.5 Å². The van der Waals surface area contributed by atoms with E-state index < -0.39 is 0 Å². The summed E-state index contributed by atoms with van der Waals surface area (Å²) in [6.07, 6.45) is 0. The van der Waals surface area contributed by atoms with E-state index in [1.54, 1.807) is 12.1 Å². The first-order valence-corrected chi connectivity index (χ1v) is 5.40. The summed E-state index contributed by atoms with van der Waals surface area (Å²) in [4.78, 5) is 0. The molecule has 0 amide bonds. The third-order valence-electron chi connectivity index (χ3n) is 2.14. The molecule has 2 aromatic rings. The minimum atomic E-state index is -0.319. The Hall–Kier alpha value is -1.54. The van der Waals surface area contributed by atoms with Gasteiger partial charge >= 0.3 is 0 Å². The summed E-state index contributed by atoms with van der Waals surface area (Å²) in [7, 11) is 0. The Balaban J connectivity index is 2.26. The van der Waals surface area contributed by atoms with Gasteiger partial charge in [0, 0.05) is 11.6 Å². The van der Waals surface area contributed by atoms with Gasteiger partial charge in [-0.3, -0.25) is 0 Å². The third-order valence-corrected chi connectivity index (χ3v) is 2.43. The molecule has 82 valence electrons. The van der Waals surface area contributed by atoms with Crippen molar-refractivity contribution >= 4 is 11.6 Å². The maximum atomic E-state index is 12.9. The summed E-state index contributed by atoms with van der Waals surface area (Å²) in [6, 6.07) is 13.4. The highest BCUT2D eigenvalue weighted by Crippen LogP contribution is 2.26. The third kappa shape index (κ3) is 2.52. The van der Waals surface area contributed by atoms with Gasteiger partial charge in [-0.25, -0.2) is 4.39 Å². The molecule has 0 aliphatic heterocycles. The van der Waals surface area contributed by atoms with Crippen LogP contribution in [0.3, 0.4) is 0 Å². The molecule has 0 bridgehead atoms. The summed E-state index contributed by atoms with van der Waals surface area (Å²) in [6.45, 7) is 0. The molecule has 1 nitrogen and oxygen atoms in total. The van der Waals surface area contributed by atoms with Crippen molar-refractivity contribution in [2.24, 2.45) is 0 Å². The molecule has 0 aromatic heterocycles. The van der Waals surface area contributed by atoms with Crippen LogP contribution < -0.4 is 4.74 Å². The van der Waals surface area contributed by atoms with Gasteiger partial charge < -0.3 is 4.74 Å². The van der Waals surface area contributed by atoms with Gasteiger partial charge in [0.25, 0.3) is 0 Å². The van der Waals surface area contributed by atoms with Gasteiger partial charge in [0.15, 0.2) is 0 Å². The lowest BCUT2D eigenvalue weighted by molar-refractivity contribution is 0.472. The van der Waals surface area contributed by atoms with Crippen LogP contribution in [0.25, 0.3) is 0 Å². The molecule has 16 heavy (non-hydrogen) atoms. The maximum absolute atomic E-state index is 12.9. The highest BCUT2D eigenvalue weighted by Gasteiger charge is 2.03. The van der Waals surface area contributed by atoms with E-state index in [1.807, 2.05) is 24.3 Å². The van der Waals surface area contributed by atoms with E-state index in [4.69, 9.17) is 16.3 Å². The molecule has 0 unspecified atom stereocenters. The van der Waals surface area contributed by atoms with Crippen LogP contribution in [0.4, 0.5) is 4.39 Å². The lowest BCUT2D eigenvalue weighted by Gasteiger charge is -2.08. The summed E-state index contributed by atoms with van der Waals surface area (Å²) in [5, 5.41) is 0. The van der Waals surface area contributed by atoms with Crippen molar-refractivity contribution in [3.05, 3.63) is 59.9 Å². The molecule has 0 aliphatic rings. The Morgan fingerprint density at radius 1 is 1.06 bits per heavy atom. The van der Waals surface area contributed by atoms with Crippen LogP contribution in [-0.4, -0.2) is 0 Å². The van der Waals surface area contributed by atoms with E-state index >= 15 is 0 Å². The second kappa shape index (κ2) is 4.99. The molecule has 0 atom stereocenters. The van der Waals surface area contributed by atoms with Crippen molar-refractivity contribution in [2.75, 3.05) is 0 Å². The normalized spacial score (nSPS) is 10.1. The fourth-order valence-corrected chi connectivity index (χ4v) is 1.59. The summed E-state index contributed by atoms with van der Waals surface area (Å²) < 4.78 is 18.5. The van der Waals surface area contributed by atoms with Gasteiger partial charge in [0.1, 0.15) is 17.3 Å². The molecule has 0 saturated carbocycles. The lowest BCUT2D eigenvalue weighted by Crippen LogP contribution is -1.89. The van der Waals surface area contributed by atoms with E-state index in [0.29, 0.717) is 17.4 Å². The van der Waals surface area contributed by atoms with Crippen molar-refractivity contribution in [1.82, 2.24) is 0 Å². The number of benzene rings is 2. The van der Waals surface area contributed by atoms with Crippen molar-refractivity contribution in [3.8, 4) is 11.5 Å². The Kier molecular flexibility index (Phi) is 3.42. The second-order valence-corrected chi connectivity index (χ2v) is 3.57. The minimum Gasteiger partial charge on any atom is -0.457 e. The van der Waals surface area contributed by atoms with E-state index in [9.17, 15) is 4.39 Å². The first-order chi connectivity index (χ1) is 7.79. The van der Waals surface area contributed by atoms with Crippen LogP contribution in [0.2, 0.25) is 0 Å². The molecule has 0 aliphatic carbocycles. The Morgan fingerprint density at radius 2 is 1.88 bits per heavy atom. The van der Waals surface area contributed by atoms with E-state index in [0.717, 1.165) is 5.56 Å². The van der Waals surface area contributed by atoms with E-state index in [-0.39, 0.29) is 5.82 Å². The predicted octanol–water partition coefficient (Wildman–Crippen LogP) is 4.36. The molecule has 2 rings (SSSR count). The van der Waals surface area contributed by atoms with E-state index in [1.165, 1.54) is 12.1 Å². The summed E-state index contributed by atoms with van der Waals surface area (Å²) >= 11 is 5.78. The minimum absolute atomic E-state index is 0.319. The van der Waals surface area contributed by atoms with E-state index in [2.05, 4.69) is 0 Å². The van der Waals surface area contributed by atoms with Crippen LogP contribution >= 0.6 is 11.6 Å². The molecule has 0 radical (unpaired) electrons. The van der Waals surface area contributed by atoms with Crippen LogP contribution in [0, 0.1) is 5.82 Å². The quantitative estimate of drug-likeness (QED) is 0.720. The molecule has 0 N–H and O–H groups in total. The summed E-state index contributed by atoms with van der Waals surface area (Å²) in [5.74, 6) is 1.17. The SMILES string of the molecule is Fc1cccc(Oc2ccccc2CCl)c1. The number of hydrogen-bond acceptors (Lipinski definition) is 1. The largest absolute Gasteiger partial charge is 0.457 e. The fourth-order valence-electron chi connectivity index (χ4n) is 1.37. The zero-order valence-electron chi connectivity index (χ0n) is 8.49. The number of alkyl halides is 1. The molecule has 0 heterocycles. The van der Waals surface area contributed by atoms with Crippen molar-refractivity contribution in [3.63, 3.8) is 0 Å². The monoisotopic (exact) mass is 236 g/mol. The average molecular weight is 237 g/mol. The molecule has 3 heteroatoms. The average Bonchev–Trinajstić information content (AvgIpc) is 2.30. The highest BCUT2D eigenvalue weighted by atomic mass is 35.5. The molecule has 0 fully saturated rings.